The van der Waals surface area contributed by atoms with Crippen LogP contribution >= 0.6 is 0 Å². The Morgan fingerprint density at radius 2 is 2.25 bits per heavy atom. The molecule has 2 aliphatic rings. The summed E-state index contributed by atoms with van der Waals surface area (Å²) in [7, 11) is 0. The summed E-state index contributed by atoms with van der Waals surface area (Å²) in [6, 6.07) is 6.19. The molecule has 104 valence electrons. The number of hydrogen-bond acceptors (Lipinski definition) is 5. The third kappa shape index (κ3) is 1.98. The van der Waals surface area contributed by atoms with Gasteiger partial charge in [0.15, 0.2) is 0 Å². The molecule has 2 aliphatic heterocycles. The van der Waals surface area contributed by atoms with Gasteiger partial charge in [-0.15, -0.1) is 0 Å². The lowest BCUT2D eigenvalue weighted by molar-refractivity contribution is 0.103. The first-order valence-electron chi connectivity index (χ1n) is 7.23. The second kappa shape index (κ2) is 4.90. The maximum absolute atomic E-state index is 5.60. The normalized spacial score (nSPS) is 21.5. The maximum atomic E-state index is 5.60. The van der Waals surface area contributed by atoms with Gasteiger partial charge in [0, 0.05) is 24.4 Å². The number of ether oxygens (including phenoxy) is 1. The third-order valence-electron chi connectivity index (χ3n) is 3.98. The molecule has 5 nitrogen and oxygen atoms in total. The Hall–Kier alpha value is -1.88. The van der Waals surface area contributed by atoms with Gasteiger partial charge in [-0.05, 0) is 43.4 Å². The van der Waals surface area contributed by atoms with Crippen molar-refractivity contribution in [3.05, 3.63) is 29.6 Å². The average Bonchev–Trinajstić information content (AvgIpc) is 3.17. The van der Waals surface area contributed by atoms with E-state index in [1.165, 1.54) is 11.3 Å². The summed E-state index contributed by atoms with van der Waals surface area (Å²) in [5.41, 5.74) is 3.51. The molecule has 0 saturated carbocycles. The number of nitrogens with zero attached hydrogens (tertiary/aromatic N) is 2. The van der Waals surface area contributed by atoms with Gasteiger partial charge in [-0.1, -0.05) is 11.2 Å². The lowest BCUT2D eigenvalue weighted by Gasteiger charge is -2.19. The quantitative estimate of drug-likeness (QED) is 0.910. The minimum absolute atomic E-state index is 0.00478. The number of hydrogen-bond donors (Lipinski definition) is 1. The average molecular weight is 271 g/mol. The zero-order chi connectivity index (χ0) is 13.4. The van der Waals surface area contributed by atoms with Crippen molar-refractivity contribution in [3.63, 3.8) is 0 Å². The monoisotopic (exact) mass is 271 g/mol. The van der Waals surface area contributed by atoms with Gasteiger partial charge in [-0.2, -0.15) is 4.98 Å². The number of nitrogens with one attached hydrogen (secondary N) is 1. The highest BCUT2D eigenvalue weighted by Crippen LogP contribution is 2.33. The molecule has 0 radical (unpaired) electrons. The van der Waals surface area contributed by atoms with Crippen molar-refractivity contribution in [2.75, 3.05) is 18.5 Å². The van der Waals surface area contributed by atoms with Crippen molar-refractivity contribution in [3.8, 4) is 11.5 Å². The Morgan fingerprint density at radius 1 is 1.25 bits per heavy atom. The summed E-state index contributed by atoms with van der Waals surface area (Å²) in [4.78, 5) is 4.54. The molecule has 0 aliphatic carbocycles. The molecule has 0 bridgehead atoms. The number of anilines is 1. The SMILES string of the molecule is c1cc2c(c(-c3nc(C4CCCO4)no3)c1)CCCN2. The van der Waals surface area contributed by atoms with Gasteiger partial charge in [-0.25, -0.2) is 0 Å². The van der Waals surface area contributed by atoms with Crippen LogP contribution in [-0.4, -0.2) is 23.3 Å². The Morgan fingerprint density at radius 3 is 3.15 bits per heavy atom. The van der Waals surface area contributed by atoms with Crippen molar-refractivity contribution in [2.24, 2.45) is 0 Å². The van der Waals surface area contributed by atoms with Crippen molar-refractivity contribution < 1.29 is 9.26 Å². The fraction of sp³-hybridized carbons (Fsp3) is 0.467. The molecule has 1 saturated heterocycles. The van der Waals surface area contributed by atoms with Gasteiger partial charge < -0.3 is 14.6 Å². The zero-order valence-corrected chi connectivity index (χ0v) is 11.3. The second-order valence-electron chi connectivity index (χ2n) is 5.32. The minimum atomic E-state index is 0.00478. The van der Waals surface area contributed by atoms with Crippen LogP contribution < -0.4 is 5.32 Å². The van der Waals surface area contributed by atoms with E-state index in [-0.39, 0.29) is 6.10 Å². The topological polar surface area (TPSA) is 60.2 Å². The highest BCUT2D eigenvalue weighted by Gasteiger charge is 2.24. The van der Waals surface area contributed by atoms with Crippen LogP contribution in [0, 0.1) is 0 Å². The molecule has 20 heavy (non-hydrogen) atoms. The molecular formula is C15H17N3O2. The lowest BCUT2D eigenvalue weighted by Crippen LogP contribution is -2.12. The highest BCUT2D eigenvalue weighted by atomic mass is 16.5. The molecule has 1 aromatic carbocycles. The smallest absolute Gasteiger partial charge is 0.258 e. The number of fused-ring (bicyclic) bond motifs is 1. The molecule has 4 rings (SSSR count). The number of rotatable bonds is 2. The summed E-state index contributed by atoms with van der Waals surface area (Å²) >= 11 is 0. The molecule has 0 spiro atoms. The Balaban J connectivity index is 1.70. The lowest BCUT2D eigenvalue weighted by atomic mass is 9.97. The minimum Gasteiger partial charge on any atom is -0.385 e. The Labute approximate surface area is 117 Å². The first kappa shape index (κ1) is 11.9. The van der Waals surface area contributed by atoms with Gasteiger partial charge in [0.25, 0.3) is 5.89 Å². The van der Waals surface area contributed by atoms with Gasteiger partial charge in [0.05, 0.1) is 0 Å². The molecular weight excluding hydrogens is 254 g/mol. The third-order valence-corrected chi connectivity index (χ3v) is 3.98. The largest absolute Gasteiger partial charge is 0.385 e. The summed E-state index contributed by atoms with van der Waals surface area (Å²) in [5, 5.41) is 7.51. The molecule has 1 atom stereocenters. The highest BCUT2D eigenvalue weighted by molar-refractivity contribution is 5.69. The van der Waals surface area contributed by atoms with Crippen molar-refractivity contribution in [1.82, 2.24) is 10.1 Å². The number of benzene rings is 1. The van der Waals surface area contributed by atoms with E-state index in [1.807, 2.05) is 6.07 Å². The van der Waals surface area contributed by atoms with Crippen molar-refractivity contribution >= 4 is 5.69 Å². The van der Waals surface area contributed by atoms with E-state index in [4.69, 9.17) is 9.26 Å². The van der Waals surface area contributed by atoms with Crippen LogP contribution in [0.4, 0.5) is 5.69 Å². The van der Waals surface area contributed by atoms with Crippen LogP contribution in [0.15, 0.2) is 22.7 Å². The van der Waals surface area contributed by atoms with E-state index in [2.05, 4.69) is 27.6 Å². The fourth-order valence-electron chi connectivity index (χ4n) is 2.97. The molecule has 1 unspecified atom stereocenters. The summed E-state index contributed by atoms with van der Waals surface area (Å²) in [5.74, 6) is 1.29. The van der Waals surface area contributed by atoms with E-state index >= 15 is 0 Å². The van der Waals surface area contributed by atoms with E-state index < -0.39 is 0 Å². The summed E-state index contributed by atoms with van der Waals surface area (Å²) in [6.07, 6.45) is 4.24. The van der Waals surface area contributed by atoms with E-state index in [0.717, 1.165) is 44.4 Å². The van der Waals surface area contributed by atoms with Crippen LogP contribution in [0.25, 0.3) is 11.5 Å². The van der Waals surface area contributed by atoms with Crippen LogP contribution in [0.2, 0.25) is 0 Å². The van der Waals surface area contributed by atoms with E-state index in [0.29, 0.717) is 11.7 Å². The van der Waals surface area contributed by atoms with Crippen LogP contribution in [0.5, 0.6) is 0 Å². The molecule has 2 aromatic rings. The summed E-state index contributed by atoms with van der Waals surface area (Å²) < 4.78 is 11.1. The fourth-order valence-corrected chi connectivity index (χ4v) is 2.97. The predicted molar refractivity (Wildman–Crippen MR) is 74.5 cm³/mol. The van der Waals surface area contributed by atoms with Crippen LogP contribution in [0.1, 0.15) is 36.8 Å². The van der Waals surface area contributed by atoms with Gasteiger partial charge in [-0.3, -0.25) is 0 Å². The zero-order valence-electron chi connectivity index (χ0n) is 11.3. The molecule has 0 amide bonds. The Kier molecular flexibility index (Phi) is 2.92. The van der Waals surface area contributed by atoms with E-state index in [9.17, 15) is 0 Å². The van der Waals surface area contributed by atoms with Crippen LogP contribution in [0.3, 0.4) is 0 Å². The Bertz CT molecular complexity index is 617. The molecule has 1 fully saturated rings. The van der Waals surface area contributed by atoms with Crippen molar-refractivity contribution in [1.29, 1.82) is 0 Å². The summed E-state index contributed by atoms with van der Waals surface area (Å²) in [6.45, 7) is 1.82. The molecule has 5 heteroatoms. The number of aromatic nitrogens is 2. The maximum Gasteiger partial charge on any atom is 0.258 e. The molecule has 1 N–H and O–H groups in total. The first-order chi connectivity index (χ1) is 9.92. The van der Waals surface area contributed by atoms with Crippen molar-refractivity contribution in [2.45, 2.75) is 31.8 Å². The molecule has 3 heterocycles. The van der Waals surface area contributed by atoms with Gasteiger partial charge >= 0.3 is 0 Å². The van der Waals surface area contributed by atoms with Crippen LogP contribution in [-0.2, 0) is 11.2 Å². The van der Waals surface area contributed by atoms with E-state index in [1.54, 1.807) is 0 Å². The second-order valence-corrected chi connectivity index (χ2v) is 5.32. The van der Waals surface area contributed by atoms with Gasteiger partial charge in [0.2, 0.25) is 5.82 Å². The molecule has 1 aromatic heterocycles. The standard InChI is InChI=1S/C15H17N3O2/c1-4-11(10-5-2-8-16-12(10)6-1)15-17-14(18-20-15)13-7-3-9-19-13/h1,4,6,13,16H,2-3,5,7-9H2. The van der Waals surface area contributed by atoms with Gasteiger partial charge in [0.1, 0.15) is 6.10 Å². The predicted octanol–water partition coefficient (Wildman–Crippen LogP) is 2.95. The first-order valence-corrected chi connectivity index (χ1v) is 7.23.